The molecule has 0 spiro atoms. The van der Waals surface area contributed by atoms with E-state index in [0.717, 1.165) is 36.3 Å². The summed E-state index contributed by atoms with van der Waals surface area (Å²) in [4.78, 5) is 25.7. The Morgan fingerprint density at radius 3 is 2.65 bits per heavy atom. The minimum Gasteiger partial charge on any atom is -0.345 e. The predicted octanol–water partition coefficient (Wildman–Crippen LogP) is 3.00. The largest absolute Gasteiger partial charge is 0.345 e. The first-order chi connectivity index (χ1) is 11.1. The molecule has 0 radical (unpaired) electrons. The van der Waals surface area contributed by atoms with Crippen molar-refractivity contribution in [2.75, 3.05) is 31.1 Å². The molecule has 1 aliphatic rings. The van der Waals surface area contributed by atoms with E-state index in [0.29, 0.717) is 10.8 Å². The number of pyridine rings is 1. The van der Waals surface area contributed by atoms with E-state index in [1.807, 2.05) is 28.6 Å². The topological polar surface area (TPSA) is 49.3 Å². The molecule has 0 N–H and O–H groups in total. The number of thioether (sulfide) groups is 1. The van der Waals surface area contributed by atoms with Crippen molar-refractivity contribution >= 4 is 34.1 Å². The van der Waals surface area contributed by atoms with Crippen LogP contribution in [-0.2, 0) is 0 Å². The summed E-state index contributed by atoms with van der Waals surface area (Å²) in [6, 6.07) is 3.72. The lowest BCUT2D eigenvalue weighted by molar-refractivity contribution is 0.0742. The summed E-state index contributed by atoms with van der Waals surface area (Å²) in [5, 5.41) is 4.25. The van der Waals surface area contributed by atoms with Crippen molar-refractivity contribution in [2.24, 2.45) is 0 Å². The zero-order chi connectivity index (χ0) is 16.2. The summed E-state index contributed by atoms with van der Waals surface area (Å²) >= 11 is 3.28. The Morgan fingerprint density at radius 2 is 2.00 bits per heavy atom. The molecule has 0 bridgehead atoms. The molecule has 0 saturated carbocycles. The fraction of sp³-hybridized carbons (Fsp3) is 0.438. The van der Waals surface area contributed by atoms with E-state index in [1.54, 1.807) is 29.3 Å². The molecule has 2 aromatic heterocycles. The molecule has 0 aliphatic carbocycles. The van der Waals surface area contributed by atoms with Crippen LogP contribution in [0.2, 0.25) is 0 Å². The maximum absolute atomic E-state index is 12.8. The molecule has 1 aliphatic heterocycles. The number of hydrogen-bond acceptors (Lipinski definition) is 6. The van der Waals surface area contributed by atoms with Crippen molar-refractivity contribution in [3.63, 3.8) is 0 Å². The number of carbonyl (C=O) groups excluding carboxylic acids is 1. The summed E-state index contributed by atoms with van der Waals surface area (Å²) in [5.74, 6) is 0.0834. The number of nitrogens with zero attached hydrogens (tertiary/aromatic N) is 4. The van der Waals surface area contributed by atoms with Crippen molar-refractivity contribution in [1.29, 1.82) is 0 Å². The molecule has 5 nitrogen and oxygen atoms in total. The van der Waals surface area contributed by atoms with Crippen LogP contribution in [0.3, 0.4) is 0 Å². The van der Waals surface area contributed by atoms with Gasteiger partial charge in [0.05, 0.1) is 5.56 Å². The Labute approximate surface area is 144 Å². The molecule has 0 unspecified atom stereocenters. The van der Waals surface area contributed by atoms with Crippen LogP contribution in [0.4, 0.5) is 5.13 Å². The van der Waals surface area contributed by atoms with Crippen molar-refractivity contribution in [1.82, 2.24) is 14.9 Å². The van der Waals surface area contributed by atoms with Gasteiger partial charge < -0.3 is 9.80 Å². The Hall–Kier alpha value is -1.60. The van der Waals surface area contributed by atoms with E-state index in [4.69, 9.17) is 0 Å². The van der Waals surface area contributed by atoms with Crippen LogP contribution in [0.25, 0.3) is 0 Å². The Balaban J connectivity index is 1.68. The zero-order valence-corrected chi connectivity index (χ0v) is 14.9. The Kier molecular flexibility index (Phi) is 5.17. The van der Waals surface area contributed by atoms with Gasteiger partial charge in [-0.15, -0.1) is 23.1 Å². The molecular weight excluding hydrogens is 328 g/mol. The molecule has 2 aromatic rings. The standard InChI is InChI=1S/C16H20N4OS2/c1-12(2)23-14-13(4-3-5-17-14)15(21)19-7-9-20(10-8-19)16-18-6-11-22-16/h3-6,11-12H,7-10H2,1-2H3. The average molecular weight is 348 g/mol. The highest BCUT2D eigenvalue weighted by Crippen LogP contribution is 2.26. The van der Waals surface area contributed by atoms with E-state index < -0.39 is 0 Å². The summed E-state index contributed by atoms with van der Waals surface area (Å²) in [6.07, 6.45) is 3.57. The van der Waals surface area contributed by atoms with Gasteiger partial charge in [-0.3, -0.25) is 4.79 Å². The molecular formula is C16H20N4OS2. The fourth-order valence-electron chi connectivity index (χ4n) is 2.51. The van der Waals surface area contributed by atoms with Gasteiger partial charge in [0, 0.05) is 49.2 Å². The first kappa shape index (κ1) is 16.3. The monoisotopic (exact) mass is 348 g/mol. The lowest BCUT2D eigenvalue weighted by Crippen LogP contribution is -2.48. The molecule has 0 atom stereocenters. The van der Waals surface area contributed by atoms with Gasteiger partial charge in [0.15, 0.2) is 5.13 Å². The second-order valence-electron chi connectivity index (χ2n) is 5.62. The molecule has 3 heterocycles. The van der Waals surface area contributed by atoms with Crippen LogP contribution in [0.5, 0.6) is 0 Å². The van der Waals surface area contributed by atoms with E-state index in [-0.39, 0.29) is 5.91 Å². The summed E-state index contributed by atoms with van der Waals surface area (Å²) in [6.45, 7) is 7.32. The maximum Gasteiger partial charge on any atom is 0.256 e. The number of aromatic nitrogens is 2. The van der Waals surface area contributed by atoms with E-state index >= 15 is 0 Å². The highest BCUT2D eigenvalue weighted by atomic mass is 32.2. The zero-order valence-electron chi connectivity index (χ0n) is 13.3. The third-order valence-electron chi connectivity index (χ3n) is 3.61. The van der Waals surface area contributed by atoms with Gasteiger partial charge in [0.25, 0.3) is 5.91 Å². The van der Waals surface area contributed by atoms with E-state index in [1.165, 1.54) is 0 Å². The van der Waals surface area contributed by atoms with Crippen molar-refractivity contribution in [2.45, 2.75) is 24.1 Å². The molecule has 7 heteroatoms. The van der Waals surface area contributed by atoms with Crippen LogP contribution in [0.15, 0.2) is 34.9 Å². The first-order valence-corrected chi connectivity index (χ1v) is 9.46. The minimum atomic E-state index is 0.0834. The average Bonchev–Trinajstić information content (AvgIpc) is 3.09. The normalized spacial score (nSPS) is 15.3. The summed E-state index contributed by atoms with van der Waals surface area (Å²) < 4.78 is 0. The second kappa shape index (κ2) is 7.31. The quantitative estimate of drug-likeness (QED) is 0.795. The fourth-order valence-corrected chi connectivity index (χ4v) is 4.06. The summed E-state index contributed by atoms with van der Waals surface area (Å²) in [5.41, 5.74) is 0.717. The molecule has 122 valence electrons. The second-order valence-corrected chi connectivity index (χ2v) is 8.05. The number of anilines is 1. The van der Waals surface area contributed by atoms with Crippen molar-refractivity contribution < 1.29 is 4.79 Å². The van der Waals surface area contributed by atoms with E-state index in [2.05, 4.69) is 28.7 Å². The van der Waals surface area contributed by atoms with Crippen molar-refractivity contribution in [3.05, 3.63) is 35.5 Å². The molecule has 3 rings (SSSR count). The van der Waals surface area contributed by atoms with Crippen LogP contribution in [0, 0.1) is 0 Å². The summed E-state index contributed by atoms with van der Waals surface area (Å²) in [7, 11) is 0. The van der Waals surface area contributed by atoms with Gasteiger partial charge in [0.1, 0.15) is 5.03 Å². The Morgan fingerprint density at radius 1 is 1.22 bits per heavy atom. The Bertz CT molecular complexity index is 652. The number of thiazole rings is 1. The smallest absolute Gasteiger partial charge is 0.256 e. The number of rotatable bonds is 4. The van der Waals surface area contributed by atoms with Crippen LogP contribution < -0.4 is 4.90 Å². The van der Waals surface area contributed by atoms with Crippen molar-refractivity contribution in [3.8, 4) is 0 Å². The predicted molar refractivity (Wildman–Crippen MR) is 95.5 cm³/mol. The number of hydrogen-bond donors (Lipinski definition) is 0. The molecule has 1 fully saturated rings. The van der Waals surface area contributed by atoms with Crippen LogP contribution in [-0.4, -0.2) is 52.2 Å². The van der Waals surface area contributed by atoms with Gasteiger partial charge in [-0.2, -0.15) is 0 Å². The third-order valence-corrected chi connectivity index (χ3v) is 5.46. The number of amides is 1. The molecule has 23 heavy (non-hydrogen) atoms. The maximum atomic E-state index is 12.8. The van der Waals surface area contributed by atoms with Gasteiger partial charge in [-0.25, -0.2) is 9.97 Å². The first-order valence-electron chi connectivity index (χ1n) is 7.70. The number of piperazine rings is 1. The van der Waals surface area contributed by atoms with Gasteiger partial charge in [-0.05, 0) is 12.1 Å². The lowest BCUT2D eigenvalue weighted by Gasteiger charge is -2.34. The van der Waals surface area contributed by atoms with Gasteiger partial charge in [-0.1, -0.05) is 13.8 Å². The SMILES string of the molecule is CC(C)Sc1ncccc1C(=O)N1CCN(c2nccs2)CC1. The number of carbonyl (C=O) groups is 1. The van der Waals surface area contributed by atoms with Gasteiger partial charge >= 0.3 is 0 Å². The molecule has 1 saturated heterocycles. The third kappa shape index (κ3) is 3.84. The highest BCUT2D eigenvalue weighted by molar-refractivity contribution is 7.99. The lowest BCUT2D eigenvalue weighted by atomic mass is 10.2. The highest BCUT2D eigenvalue weighted by Gasteiger charge is 2.25. The van der Waals surface area contributed by atoms with Crippen LogP contribution in [0.1, 0.15) is 24.2 Å². The molecule has 0 aromatic carbocycles. The molecule has 1 amide bonds. The van der Waals surface area contributed by atoms with E-state index in [9.17, 15) is 4.79 Å². The minimum absolute atomic E-state index is 0.0834. The van der Waals surface area contributed by atoms with Gasteiger partial charge in [0.2, 0.25) is 0 Å². The van der Waals surface area contributed by atoms with Crippen LogP contribution >= 0.6 is 23.1 Å².